The fourth-order valence-corrected chi connectivity index (χ4v) is 3.96. The molecule has 1 heterocycles. The second-order valence-electron chi connectivity index (χ2n) is 6.69. The van der Waals surface area contributed by atoms with Crippen molar-refractivity contribution < 1.29 is 45.0 Å². The molecule has 1 amide bonds. The number of carboxylic acids is 1. The number of nitrogens with two attached hydrogens (primary N) is 1. The van der Waals surface area contributed by atoms with Crippen molar-refractivity contribution in [3.05, 3.63) is 0 Å². The molecule has 1 aliphatic rings. The lowest BCUT2D eigenvalue weighted by molar-refractivity contribution is -0.321. The Bertz CT molecular complexity index is 526. The highest BCUT2D eigenvalue weighted by Crippen LogP contribution is 2.38. The van der Waals surface area contributed by atoms with E-state index in [0.29, 0.717) is 24.5 Å². The molecular weight excluding hydrogens is 396 g/mol. The maximum Gasteiger partial charge on any atom is 0.364 e. The van der Waals surface area contributed by atoms with Crippen LogP contribution in [0.2, 0.25) is 0 Å². The smallest absolute Gasteiger partial charge is 0.364 e. The zero-order valence-corrected chi connectivity index (χ0v) is 16.4. The van der Waals surface area contributed by atoms with Crippen LogP contribution in [0.1, 0.15) is 19.8 Å². The summed E-state index contributed by atoms with van der Waals surface area (Å²) in [7, 11) is 0. The number of carbonyl (C=O) groups excluding carboxylic acids is 1. The molecule has 9 N–H and O–H groups in total. The van der Waals surface area contributed by atoms with Crippen LogP contribution in [0.15, 0.2) is 0 Å². The number of aliphatic hydroxyl groups is 5. The summed E-state index contributed by atoms with van der Waals surface area (Å²) in [4.78, 5) is 23.2. The predicted octanol–water partition coefficient (Wildman–Crippen LogP) is -3.17. The normalized spacial score (nSPS) is 32.5. The van der Waals surface area contributed by atoms with Gasteiger partial charge in [0, 0.05) is 19.2 Å². The molecule has 0 bridgehead atoms. The van der Waals surface area contributed by atoms with Gasteiger partial charge in [0.1, 0.15) is 18.3 Å². The molecule has 11 nitrogen and oxygen atoms in total. The van der Waals surface area contributed by atoms with Gasteiger partial charge < -0.3 is 46.4 Å². The predicted molar refractivity (Wildman–Crippen MR) is 99.3 cm³/mol. The van der Waals surface area contributed by atoms with Gasteiger partial charge in [-0.15, -0.1) is 0 Å². The van der Waals surface area contributed by atoms with Crippen molar-refractivity contribution in [1.82, 2.24) is 5.32 Å². The van der Waals surface area contributed by atoms with Crippen LogP contribution in [0.3, 0.4) is 0 Å². The van der Waals surface area contributed by atoms with Gasteiger partial charge in [0.15, 0.2) is 0 Å². The second kappa shape index (κ2) is 11.3. The molecule has 1 rings (SSSR count). The number of amides is 1. The molecule has 7 atom stereocenters. The summed E-state index contributed by atoms with van der Waals surface area (Å²) in [5, 5.41) is 62.2. The fourth-order valence-electron chi connectivity index (χ4n) is 3.22. The van der Waals surface area contributed by atoms with E-state index in [9.17, 15) is 35.1 Å². The van der Waals surface area contributed by atoms with Crippen LogP contribution in [0.5, 0.6) is 0 Å². The van der Waals surface area contributed by atoms with Crippen LogP contribution in [-0.2, 0) is 14.3 Å². The van der Waals surface area contributed by atoms with E-state index in [0.717, 1.165) is 6.92 Å². The summed E-state index contributed by atoms with van der Waals surface area (Å²) in [6.07, 6.45) is -6.39. The molecule has 28 heavy (non-hydrogen) atoms. The Morgan fingerprint density at radius 1 is 1.32 bits per heavy atom. The minimum absolute atomic E-state index is 0.0585. The third kappa shape index (κ3) is 6.00. The SMILES string of the molecule is CC(=O)N[C@H]1[C@H]([C@H](O)[C@H](O)CO)O[C@](O)(C(=O)O)C(CCCSCCN)[C@@H]1O. The quantitative estimate of drug-likeness (QED) is 0.155. The van der Waals surface area contributed by atoms with Crippen LogP contribution in [-0.4, -0.2) is 103 Å². The van der Waals surface area contributed by atoms with Crippen molar-refractivity contribution in [3.8, 4) is 0 Å². The van der Waals surface area contributed by atoms with Gasteiger partial charge in [-0.05, 0) is 18.6 Å². The van der Waals surface area contributed by atoms with Crippen molar-refractivity contribution >= 4 is 23.6 Å². The van der Waals surface area contributed by atoms with E-state index in [1.807, 2.05) is 0 Å². The molecule has 12 heteroatoms. The number of thioether (sulfide) groups is 1. The number of ether oxygens (including phenoxy) is 1. The van der Waals surface area contributed by atoms with Gasteiger partial charge in [0.05, 0.1) is 24.7 Å². The van der Waals surface area contributed by atoms with Crippen molar-refractivity contribution in [2.75, 3.05) is 24.7 Å². The van der Waals surface area contributed by atoms with E-state index in [1.54, 1.807) is 0 Å². The molecule has 0 saturated carbocycles. The highest BCUT2D eigenvalue weighted by molar-refractivity contribution is 7.99. The molecule has 0 aromatic heterocycles. The molecule has 0 aromatic rings. The molecule has 0 aliphatic carbocycles. The monoisotopic (exact) mass is 426 g/mol. The number of carboxylic acid groups (broad SMARTS) is 1. The van der Waals surface area contributed by atoms with Crippen molar-refractivity contribution in [2.45, 2.75) is 56.0 Å². The van der Waals surface area contributed by atoms with E-state index >= 15 is 0 Å². The fraction of sp³-hybridized carbons (Fsp3) is 0.875. The van der Waals surface area contributed by atoms with Crippen LogP contribution in [0, 0.1) is 5.92 Å². The van der Waals surface area contributed by atoms with Gasteiger partial charge in [-0.3, -0.25) is 4.79 Å². The Kier molecular flexibility index (Phi) is 10.1. The van der Waals surface area contributed by atoms with Crippen LogP contribution < -0.4 is 11.1 Å². The largest absolute Gasteiger partial charge is 0.477 e. The zero-order chi connectivity index (χ0) is 21.5. The maximum atomic E-state index is 11.7. The molecule has 0 aromatic carbocycles. The first-order valence-electron chi connectivity index (χ1n) is 8.93. The van der Waals surface area contributed by atoms with E-state index in [-0.39, 0.29) is 6.42 Å². The molecule has 164 valence electrons. The third-order valence-corrected chi connectivity index (χ3v) is 5.71. The van der Waals surface area contributed by atoms with E-state index < -0.39 is 60.6 Å². The molecule has 0 radical (unpaired) electrons. The van der Waals surface area contributed by atoms with E-state index in [2.05, 4.69) is 5.32 Å². The third-order valence-electron chi connectivity index (χ3n) is 4.61. The number of nitrogens with one attached hydrogen (secondary N) is 1. The molecule has 1 fully saturated rings. The van der Waals surface area contributed by atoms with E-state index in [1.165, 1.54) is 11.8 Å². The van der Waals surface area contributed by atoms with E-state index in [4.69, 9.17) is 15.6 Å². The summed E-state index contributed by atoms with van der Waals surface area (Å²) >= 11 is 1.53. The Hall–Kier alpha value is -0.990. The van der Waals surface area contributed by atoms with Crippen LogP contribution in [0.25, 0.3) is 0 Å². The lowest BCUT2D eigenvalue weighted by atomic mass is 9.78. The van der Waals surface area contributed by atoms with Gasteiger partial charge in [-0.25, -0.2) is 4.79 Å². The van der Waals surface area contributed by atoms with Gasteiger partial charge in [0.2, 0.25) is 5.91 Å². The van der Waals surface area contributed by atoms with Crippen molar-refractivity contribution in [2.24, 2.45) is 11.7 Å². The van der Waals surface area contributed by atoms with Crippen molar-refractivity contribution in [3.63, 3.8) is 0 Å². The molecule has 1 aliphatic heterocycles. The van der Waals surface area contributed by atoms with Gasteiger partial charge >= 0.3 is 5.97 Å². The minimum atomic E-state index is -2.85. The Balaban J connectivity index is 3.12. The summed E-state index contributed by atoms with van der Waals surface area (Å²) in [6, 6.07) is -1.31. The zero-order valence-electron chi connectivity index (χ0n) is 15.6. The first kappa shape index (κ1) is 25.0. The Morgan fingerprint density at radius 3 is 2.46 bits per heavy atom. The average molecular weight is 426 g/mol. The van der Waals surface area contributed by atoms with Crippen molar-refractivity contribution in [1.29, 1.82) is 0 Å². The minimum Gasteiger partial charge on any atom is -0.477 e. The number of carbonyl (C=O) groups is 2. The summed E-state index contributed by atoms with van der Waals surface area (Å²) in [6.45, 7) is 0.753. The summed E-state index contributed by atoms with van der Waals surface area (Å²) in [5.41, 5.74) is 5.40. The molecule has 1 saturated heterocycles. The number of aliphatic carboxylic acids is 1. The van der Waals surface area contributed by atoms with Gasteiger partial charge in [-0.2, -0.15) is 11.8 Å². The average Bonchev–Trinajstić information content (AvgIpc) is 2.64. The topological polar surface area (TPSA) is 203 Å². The van der Waals surface area contributed by atoms with Crippen LogP contribution >= 0.6 is 11.8 Å². The van der Waals surface area contributed by atoms with Gasteiger partial charge in [-0.1, -0.05) is 0 Å². The first-order valence-corrected chi connectivity index (χ1v) is 10.1. The maximum absolute atomic E-state index is 11.7. The first-order chi connectivity index (χ1) is 13.1. The number of hydrogen-bond donors (Lipinski definition) is 8. The molecule has 0 spiro atoms. The van der Waals surface area contributed by atoms with Gasteiger partial charge in [0.25, 0.3) is 5.79 Å². The number of rotatable bonds is 11. The standard InChI is InChI=1S/C16H30N2O9S/c1-8(20)18-11-12(22)9(3-2-5-28-6-4-17)16(26,15(24)25)27-14(11)13(23)10(21)7-19/h9-14,19,21-23,26H,2-7,17H2,1H3,(H,18,20)(H,24,25)/t9?,10-,11-,12+,13-,14-,16+/m1/s1. The Labute approximate surface area is 166 Å². The lowest BCUT2D eigenvalue weighted by Crippen LogP contribution is -2.71. The highest BCUT2D eigenvalue weighted by Gasteiger charge is 2.59. The number of hydrogen-bond acceptors (Lipinski definition) is 10. The molecular formula is C16H30N2O9S. The number of aliphatic hydroxyl groups excluding tert-OH is 4. The lowest BCUT2D eigenvalue weighted by Gasteiger charge is -2.49. The molecule has 1 unspecified atom stereocenters. The Morgan fingerprint density at radius 2 is 1.96 bits per heavy atom. The highest BCUT2D eigenvalue weighted by atomic mass is 32.2. The summed E-state index contributed by atoms with van der Waals surface area (Å²) in [5.74, 6) is -5.22. The van der Waals surface area contributed by atoms with Crippen LogP contribution in [0.4, 0.5) is 0 Å². The summed E-state index contributed by atoms with van der Waals surface area (Å²) < 4.78 is 5.23. The second-order valence-corrected chi connectivity index (χ2v) is 7.92.